The Balaban J connectivity index is 2.95. The second-order valence-electron chi connectivity index (χ2n) is 3.50. The Hall–Kier alpha value is -1.47. The van der Waals surface area contributed by atoms with Gasteiger partial charge in [-0.05, 0) is 39.7 Å². The van der Waals surface area contributed by atoms with Crippen molar-refractivity contribution in [3.63, 3.8) is 0 Å². The quantitative estimate of drug-likeness (QED) is 0.491. The van der Waals surface area contributed by atoms with Crippen molar-refractivity contribution in [2.75, 3.05) is 12.4 Å². The summed E-state index contributed by atoms with van der Waals surface area (Å²) in [7, 11) is 1.21. The predicted molar refractivity (Wildman–Crippen MR) is 74.2 cm³/mol. The highest BCUT2D eigenvalue weighted by atomic mass is 79.9. The molecule has 0 spiro atoms. The van der Waals surface area contributed by atoms with E-state index in [-0.39, 0.29) is 5.56 Å². The van der Waals surface area contributed by atoms with Crippen LogP contribution in [-0.4, -0.2) is 24.2 Å². The second kappa shape index (κ2) is 6.81. The van der Waals surface area contributed by atoms with Crippen molar-refractivity contribution >= 4 is 45.0 Å². The lowest BCUT2D eigenvalue weighted by atomic mass is 10.2. The van der Waals surface area contributed by atoms with E-state index >= 15 is 0 Å². The second-order valence-corrected chi connectivity index (χ2v) is 4.83. The fraction of sp³-hybridized carbons (Fsp3) is 0.167. The summed E-state index contributed by atoms with van der Waals surface area (Å²) in [5.74, 6) is -2.20. The number of ketones is 1. The molecular formula is C12H9BrClF2NO3. The standard InChI is InChI=1S/C12H9BrClF2NO3/c1-20-11(19)7-4-2-3-5-9(7)17-6-8(13)10(18)12(14,15)16/h2-6,17H,1H3/b8-6+. The SMILES string of the molecule is COC(=O)c1ccccc1N/C=C(/Br)C(=O)C(F)(F)Cl. The summed E-state index contributed by atoms with van der Waals surface area (Å²) in [6.45, 7) is 0. The van der Waals surface area contributed by atoms with E-state index in [0.29, 0.717) is 5.69 Å². The number of nitrogens with one attached hydrogen (secondary N) is 1. The summed E-state index contributed by atoms with van der Waals surface area (Å²) in [5, 5.41) is -1.44. The van der Waals surface area contributed by atoms with Crippen LogP contribution in [0.4, 0.5) is 14.5 Å². The maximum atomic E-state index is 12.6. The first-order valence-electron chi connectivity index (χ1n) is 5.18. The molecule has 0 bridgehead atoms. The van der Waals surface area contributed by atoms with Gasteiger partial charge in [0.15, 0.2) is 0 Å². The van der Waals surface area contributed by atoms with E-state index in [1.54, 1.807) is 12.1 Å². The van der Waals surface area contributed by atoms with Gasteiger partial charge in [0.05, 0.1) is 22.8 Å². The third-order valence-corrected chi connectivity index (χ3v) is 2.92. The normalized spacial score (nSPS) is 11.9. The number of carbonyl (C=O) groups is 2. The van der Waals surface area contributed by atoms with Crippen molar-refractivity contribution in [1.82, 2.24) is 0 Å². The zero-order valence-electron chi connectivity index (χ0n) is 10.1. The highest BCUT2D eigenvalue weighted by molar-refractivity contribution is 9.12. The van der Waals surface area contributed by atoms with Gasteiger partial charge >= 0.3 is 11.4 Å². The molecule has 0 heterocycles. The molecule has 0 aliphatic rings. The lowest BCUT2D eigenvalue weighted by Gasteiger charge is -2.09. The van der Waals surface area contributed by atoms with Gasteiger partial charge in [0, 0.05) is 6.20 Å². The third-order valence-electron chi connectivity index (χ3n) is 2.16. The summed E-state index contributed by atoms with van der Waals surface area (Å²) in [6.07, 6.45) is 0.973. The van der Waals surface area contributed by atoms with Gasteiger partial charge in [-0.15, -0.1) is 0 Å². The molecule has 8 heteroatoms. The summed E-state index contributed by atoms with van der Waals surface area (Å²) in [5.41, 5.74) is 0.485. The first-order valence-corrected chi connectivity index (χ1v) is 6.35. The Bertz CT molecular complexity index is 558. The zero-order valence-corrected chi connectivity index (χ0v) is 12.5. The van der Waals surface area contributed by atoms with E-state index in [4.69, 9.17) is 0 Å². The van der Waals surface area contributed by atoms with Gasteiger partial charge in [-0.25, -0.2) is 4.79 Å². The van der Waals surface area contributed by atoms with Crippen molar-refractivity contribution in [1.29, 1.82) is 0 Å². The molecular weight excluding hydrogens is 359 g/mol. The van der Waals surface area contributed by atoms with E-state index in [1.807, 2.05) is 0 Å². The number of carbonyl (C=O) groups excluding carboxylic acids is 2. The van der Waals surface area contributed by atoms with E-state index in [1.165, 1.54) is 19.2 Å². The smallest absolute Gasteiger partial charge is 0.385 e. The van der Waals surface area contributed by atoms with Gasteiger partial charge in [0.25, 0.3) is 5.78 Å². The highest BCUT2D eigenvalue weighted by Crippen LogP contribution is 2.26. The number of benzene rings is 1. The van der Waals surface area contributed by atoms with Crippen LogP contribution in [0.5, 0.6) is 0 Å². The van der Waals surface area contributed by atoms with Crippen LogP contribution < -0.4 is 5.32 Å². The van der Waals surface area contributed by atoms with Crippen molar-refractivity contribution in [2.24, 2.45) is 0 Å². The summed E-state index contributed by atoms with van der Waals surface area (Å²) in [6, 6.07) is 6.23. The van der Waals surface area contributed by atoms with Gasteiger partial charge in [0.2, 0.25) is 0 Å². The van der Waals surface area contributed by atoms with Gasteiger partial charge in [-0.2, -0.15) is 8.78 Å². The lowest BCUT2D eigenvalue weighted by molar-refractivity contribution is -0.128. The van der Waals surface area contributed by atoms with Gasteiger partial charge < -0.3 is 10.1 Å². The molecule has 0 amide bonds. The Morgan fingerprint density at radius 2 is 2.00 bits per heavy atom. The number of halogens is 4. The van der Waals surface area contributed by atoms with Gasteiger partial charge in [-0.3, -0.25) is 4.79 Å². The number of methoxy groups -OCH3 is 1. The average molecular weight is 369 g/mol. The monoisotopic (exact) mass is 367 g/mol. The Morgan fingerprint density at radius 3 is 2.55 bits per heavy atom. The van der Waals surface area contributed by atoms with Crippen LogP contribution in [0.2, 0.25) is 0 Å². The molecule has 0 saturated heterocycles. The molecule has 0 radical (unpaired) electrons. The third kappa shape index (κ3) is 4.28. The van der Waals surface area contributed by atoms with Crippen molar-refractivity contribution < 1.29 is 23.1 Å². The van der Waals surface area contributed by atoms with Crippen LogP contribution in [-0.2, 0) is 9.53 Å². The van der Waals surface area contributed by atoms with E-state index in [0.717, 1.165) is 6.20 Å². The average Bonchev–Trinajstić information content (AvgIpc) is 2.42. The number of anilines is 1. The van der Waals surface area contributed by atoms with Crippen LogP contribution >= 0.6 is 27.5 Å². The molecule has 0 aromatic heterocycles. The van der Waals surface area contributed by atoms with Crippen LogP contribution in [0.25, 0.3) is 0 Å². The minimum atomic E-state index is -4.00. The summed E-state index contributed by atoms with van der Waals surface area (Å²) >= 11 is 7.29. The molecule has 1 rings (SSSR count). The molecule has 0 aliphatic carbocycles. The number of alkyl halides is 3. The first-order chi connectivity index (χ1) is 9.27. The highest BCUT2D eigenvalue weighted by Gasteiger charge is 2.37. The maximum absolute atomic E-state index is 12.6. The lowest BCUT2D eigenvalue weighted by Crippen LogP contribution is -2.21. The fourth-order valence-corrected chi connectivity index (χ4v) is 1.82. The number of allylic oxidation sites excluding steroid dienone is 1. The van der Waals surface area contributed by atoms with Crippen LogP contribution in [0.15, 0.2) is 34.9 Å². The van der Waals surface area contributed by atoms with Crippen molar-refractivity contribution in [3.8, 4) is 0 Å². The van der Waals surface area contributed by atoms with E-state index < -0.39 is 21.6 Å². The molecule has 0 unspecified atom stereocenters. The minimum Gasteiger partial charge on any atom is -0.465 e. The fourth-order valence-electron chi connectivity index (χ4n) is 1.24. The van der Waals surface area contributed by atoms with Crippen LogP contribution in [0.1, 0.15) is 10.4 Å². The molecule has 20 heavy (non-hydrogen) atoms. The number of ether oxygens (including phenoxy) is 1. The summed E-state index contributed by atoms with van der Waals surface area (Å²) < 4.78 is 29.3. The van der Waals surface area contributed by atoms with Crippen LogP contribution in [0, 0.1) is 0 Å². The zero-order chi connectivity index (χ0) is 15.3. The van der Waals surface area contributed by atoms with Gasteiger partial charge in [-0.1, -0.05) is 12.1 Å². The summed E-state index contributed by atoms with van der Waals surface area (Å²) in [4.78, 5) is 22.6. The number of hydrogen-bond donors (Lipinski definition) is 1. The maximum Gasteiger partial charge on any atom is 0.385 e. The van der Waals surface area contributed by atoms with Crippen LogP contribution in [0.3, 0.4) is 0 Å². The Morgan fingerprint density at radius 1 is 1.40 bits per heavy atom. The van der Waals surface area contributed by atoms with Crippen molar-refractivity contribution in [2.45, 2.75) is 5.38 Å². The molecule has 0 saturated carbocycles. The molecule has 1 aromatic carbocycles. The number of para-hydroxylation sites is 1. The number of esters is 1. The molecule has 1 N–H and O–H groups in total. The molecule has 0 fully saturated rings. The molecule has 108 valence electrons. The number of hydrogen-bond acceptors (Lipinski definition) is 4. The Kier molecular flexibility index (Phi) is 5.64. The topological polar surface area (TPSA) is 55.4 Å². The van der Waals surface area contributed by atoms with E-state index in [9.17, 15) is 18.4 Å². The number of Topliss-reactive ketones (excluding diaryl/α,β-unsaturated/α-hetero) is 1. The van der Waals surface area contributed by atoms with Gasteiger partial charge in [0.1, 0.15) is 0 Å². The Labute approximate surface area is 126 Å². The van der Waals surface area contributed by atoms with Crippen molar-refractivity contribution in [3.05, 3.63) is 40.5 Å². The molecule has 1 aromatic rings. The largest absolute Gasteiger partial charge is 0.465 e. The molecule has 0 aliphatic heterocycles. The first kappa shape index (κ1) is 16.6. The predicted octanol–water partition coefficient (Wildman–Crippen LogP) is 3.52. The van der Waals surface area contributed by atoms with E-state index in [2.05, 4.69) is 37.6 Å². The molecule has 0 atom stereocenters. The number of rotatable bonds is 5. The molecule has 4 nitrogen and oxygen atoms in total. The minimum absolute atomic E-state index is 0.191.